The summed E-state index contributed by atoms with van der Waals surface area (Å²) < 4.78 is 30.5. The molecule has 1 amide bonds. The number of benzene rings is 2. The molecule has 0 atom stereocenters. The van der Waals surface area contributed by atoms with Crippen LogP contribution in [0.5, 0.6) is 5.75 Å². The van der Waals surface area contributed by atoms with Crippen LogP contribution >= 0.6 is 0 Å². The first-order valence-electron chi connectivity index (χ1n) is 9.24. The van der Waals surface area contributed by atoms with Gasteiger partial charge in [-0.25, -0.2) is 8.42 Å². The number of anilines is 1. The van der Waals surface area contributed by atoms with Gasteiger partial charge in [-0.05, 0) is 31.4 Å². The van der Waals surface area contributed by atoms with Gasteiger partial charge in [-0.2, -0.15) is 0 Å². The number of hydrogen-bond donors (Lipinski definition) is 1. The molecule has 162 valence electrons. The Bertz CT molecular complexity index is 1020. The Morgan fingerprint density at radius 2 is 1.97 bits per heavy atom. The van der Waals surface area contributed by atoms with E-state index in [4.69, 9.17) is 4.74 Å². The number of nitro groups is 1. The van der Waals surface area contributed by atoms with Gasteiger partial charge < -0.3 is 10.1 Å². The van der Waals surface area contributed by atoms with Crippen molar-refractivity contribution in [1.82, 2.24) is 5.32 Å². The molecule has 0 aromatic heterocycles. The van der Waals surface area contributed by atoms with Gasteiger partial charge in [0.2, 0.25) is 15.9 Å². The molecule has 0 saturated carbocycles. The molecule has 0 unspecified atom stereocenters. The number of nitrogens with one attached hydrogen (secondary N) is 1. The second-order valence-electron chi connectivity index (χ2n) is 6.83. The fourth-order valence-corrected chi connectivity index (χ4v) is 3.79. The number of nitro benzene ring substituents is 1. The molecule has 30 heavy (non-hydrogen) atoms. The standard InChI is InChI=1S/C20H25N3O6S/c1-15-6-4-7-16(12-15)8-5-11-21-20(24)14-22(30(3,27)28)18-13-17(23(25)26)9-10-19(18)29-2/h4,6-7,9-10,12-13H,5,8,11,14H2,1-3H3,(H,21,24). The number of carbonyl (C=O) groups excluding carboxylic acids is 1. The summed E-state index contributed by atoms with van der Waals surface area (Å²) in [7, 11) is -2.58. The number of nitrogens with zero attached hydrogens (tertiary/aromatic N) is 2. The molecule has 1 N–H and O–H groups in total. The highest BCUT2D eigenvalue weighted by molar-refractivity contribution is 7.92. The lowest BCUT2D eigenvalue weighted by atomic mass is 10.1. The molecule has 2 rings (SSSR count). The minimum Gasteiger partial charge on any atom is -0.495 e. The zero-order valence-corrected chi connectivity index (χ0v) is 17.9. The van der Waals surface area contributed by atoms with Crippen LogP contribution in [0.15, 0.2) is 42.5 Å². The van der Waals surface area contributed by atoms with E-state index in [9.17, 15) is 23.3 Å². The number of hydrogen-bond acceptors (Lipinski definition) is 6. The SMILES string of the molecule is COc1ccc([N+](=O)[O-])cc1N(CC(=O)NCCCc1cccc(C)c1)S(C)(=O)=O. The zero-order valence-electron chi connectivity index (χ0n) is 17.1. The topological polar surface area (TPSA) is 119 Å². The van der Waals surface area contributed by atoms with Crippen molar-refractivity contribution in [3.05, 3.63) is 63.7 Å². The number of non-ortho nitro benzene ring substituents is 1. The smallest absolute Gasteiger partial charge is 0.271 e. The van der Waals surface area contributed by atoms with Gasteiger partial charge in [-0.15, -0.1) is 0 Å². The third-order valence-electron chi connectivity index (χ3n) is 4.38. The number of ether oxygens (including phenoxy) is 1. The van der Waals surface area contributed by atoms with E-state index in [0.29, 0.717) is 13.0 Å². The van der Waals surface area contributed by atoms with Crippen LogP contribution in [0.2, 0.25) is 0 Å². The van der Waals surface area contributed by atoms with E-state index in [0.717, 1.165) is 34.2 Å². The molecule has 0 heterocycles. The Labute approximate surface area is 175 Å². The van der Waals surface area contributed by atoms with Gasteiger partial charge in [0.25, 0.3) is 5.69 Å². The molecule has 0 aliphatic carbocycles. The van der Waals surface area contributed by atoms with Crippen molar-refractivity contribution in [2.24, 2.45) is 0 Å². The van der Waals surface area contributed by atoms with Gasteiger partial charge in [-0.3, -0.25) is 19.2 Å². The van der Waals surface area contributed by atoms with Crippen LogP contribution in [0.1, 0.15) is 17.5 Å². The summed E-state index contributed by atoms with van der Waals surface area (Å²) in [5.41, 5.74) is 1.94. The predicted octanol–water partition coefficient (Wildman–Crippen LogP) is 2.43. The lowest BCUT2D eigenvalue weighted by Crippen LogP contribution is -2.40. The number of aryl methyl sites for hydroxylation is 2. The molecule has 0 spiro atoms. The van der Waals surface area contributed by atoms with Crippen molar-refractivity contribution in [3.8, 4) is 5.75 Å². The minimum absolute atomic E-state index is 0.0656. The predicted molar refractivity (Wildman–Crippen MR) is 114 cm³/mol. The second-order valence-corrected chi connectivity index (χ2v) is 8.73. The highest BCUT2D eigenvalue weighted by Crippen LogP contribution is 2.33. The van der Waals surface area contributed by atoms with Crippen LogP contribution in [0.25, 0.3) is 0 Å². The average molecular weight is 436 g/mol. The van der Waals surface area contributed by atoms with Crippen molar-refractivity contribution in [3.63, 3.8) is 0 Å². The Balaban J connectivity index is 2.07. The Kier molecular flexibility index (Phi) is 7.76. The average Bonchev–Trinajstić information content (AvgIpc) is 2.68. The van der Waals surface area contributed by atoms with Gasteiger partial charge >= 0.3 is 0 Å². The van der Waals surface area contributed by atoms with Crippen molar-refractivity contribution in [2.45, 2.75) is 19.8 Å². The minimum atomic E-state index is -3.90. The Morgan fingerprint density at radius 1 is 1.23 bits per heavy atom. The maximum absolute atomic E-state index is 12.4. The normalized spacial score (nSPS) is 11.0. The molecule has 0 aliphatic rings. The highest BCUT2D eigenvalue weighted by Gasteiger charge is 2.26. The quantitative estimate of drug-likeness (QED) is 0.348. The monoisotopic (exact) mass is 435 g/mol. The molecule has 0 fully saturated rings. The molecule has 2 aromatic rings. The van der Waals surface area contributed by atoms with Crippen molar-refractivity contribution in [2.75, 3.05) is 30.8 Å². The van der Waals surface area contributed by atoms with Crippen molar-refractivity contribution >= 4 is 27.3 Å². The van der Waals surface area contributed by atoms with E-state index in [2.05, 4.69) is 11.4 Å². The largest absolute Gasteiger partial charge is 0.495 e. The summed E-state index contributed by atoms with van der Waals surface area (Å²) in [6.45, 7) is 1.87. The van der Waals surface area contributed by atoms with Crippen LogP contribution in [-0.4, -0.2) is 45.7 Å². The lowest BCUT2D eigenvalue weighted by molar-refractivity contribution is -0.384. The summed E-state index contributed by atoms with van der Waals surface area (Å²) in [5.74, 6) is -0.406. The third-order valence-corrected chi connectivity index (χ3v) is 5.50. The first kappa shape index (κ1) is 23.1. The van der Waals surface area contributed by atoms with Gasteiger partial charge in [0.05, 0.1) is 18.3 Å². The molecule has 0 bridgehead atoms. The van der Waals surface area contributed by atoms with E-state index < -0.39 is 27.4 Å². The zero-order chi connectivity index (χ0) is 22.3. The van der Waals surface area contributed by atoms with E-state index in [1.807, 2.05) is 25.1 Å². The van der Waals surface area contributed by atoms with Crippen LogP contribution in [0, 0.1) is 17.0 Å². The summed E-state index contributed by atoms with van der Waals surface area (Å²) in [6, 6.07) is 11.6. The van der Waals surface area contributed by atoms with Crippen molar-refractivity contribution < 1.29 is 22.9 Å². The molecule has 0 saturated heterocycles. The van der Waals surface area contributed by atoms with E-state index in [1.165, 1.54) is 19.2 Å². The molecule has 0 radical (unpaired) electrons. The summed E-state index contributed by atoms with van der Waals surface area (Å²) in [5, 5.41) is 13.8. The molecule has 9 nitrogen and oxygen atoms in total. The molecule has 2 aromatic carbocycles. The maximum atomic E-state index is 12.4. The first-order chi connectivity index (χ1) is 14.1. The number of carbonyl (C=O) groups is 1. The van der Waals surface area contributed by atoms with Gasteiger partial charge in [0, 0.05) is 18.7 Å². The van der Waals surface area contributed by atoms with Crippen LogP contribution in [-0.2, 0) is 21.2 Å². The van der Waals surface area contributed by atoms with Crippen LogP contribution in [0.4, 0.5) is 11.4 Å². The number of sulfonamides is 1. The Morgan fingerprint density at radius 3 is 2.57 bits per heavy atom. The van der Waals surface area contributed by atoms with Crippen LogP contribution < -0.4 is 14.4 Å². The van der Waals surface area contributed by atoms with E-state index in [-0.39, 0.29) is 17.1 Å². The van der Waals surface area contributed by atoms with Crippen LogP contribution in [0.3, 0.4) is 0 Å². The van der Waals surface area contributed by atoms with Crippen molar-refractivity contribution in [1.29, 1.82) is 0 Å². The van der Waals surface area contributed by atoms with Gasteiger partial charge in [0.1, 0.15) is 18.0 Å². The molecular weight excluding hydrogens is 410 g/mol. The summed E-state index contributed by atoms with van der Waals surface area (Å²) >= 11 is 0. The summed E-state index contributed by atoms with van der Waals surface area (Å²) in [4.78, 5) is 22.8. The Hall–Kier alpha value is -3.14. The van der Waals surface area contributed by atoms with E-state index >= 15 is 0 Å². The fourth-order valence-electron chi connectivity index (χ4n) is 2.94. The van der Waals surface area contributed by atoms with Gasteiger partial charge in [0.15, 0.2) is 0 Å². The second kappa shape index (κ2) is 10.1. The number of amides is 1. The molecule has 0 aliphatic heterocycles. The fraction of sp³-hybridized carbons (Fsp3) is 0.350. The molecular formula is C20H25N3O6S. The summed E-state index contributed by atoms with van der Waals surface area (Å²) in [6.07, 6.45) is 2.39. The maximum Gasteiger partial charge on any atom is 0.271 e. The lowest BCUT2D eigenvalue weighted by Gasteiger charge is -2.23. The highest BCUT2D eigenvalue weighted by atomic mass is 32.2. The number of methoxy groups -OCH3 is 1. The first-order valence-corrected chi connectivity index (χ1v) is 11.1. The van der Waals surface area contributed by atoms with Gasteiger partial charge in [-0.1, -0.05) is 29.8 Å². The third kappa shape index (κ3) is 6.45. The molecule has 10 heteroatoms. The number of rotatable bonds is 10. The van der Waals surface area contributed by atoms with E-state index in [1.54, 1.807) is 0 Å².